The van der Waals surface area contributed by atoms with Crippen LogP contribution >= 0.6 is 0 Å². The third-order valence-corrected chi connectivity index (χ3v) is 4.11. The Labute approximate surface area is 129 Å². The average Bonchev–Trinajstić information content (AvgIpc) is 3.12. The molecule has 0 spiro atoms. The number of aryl methyl sites for hydroxylation is 2. The maximum atomic E-state index is 12.8. The van der Waals surface area contributed by atoms with Crippen molar-refractivity contribution < 1.29 is 9.21 Å². The predicted molar refractivity (Wildman–Crippen MR) is 81.2 cm³/mol. The first-order valence-electron chi connectivity index (χ1n) is 7.57. The molecule has 2 aromatic rings. The van der Waals surface area contributed by atoms with Crippen molar-refractivity contribution in [3.63, 3.8) is 0 Å². The zero-order valence-corrected chi connectivity index (χ0v) is 13.0. The summed E-state index contributed by atoms with van der Waals surface area (Å²) in [4.78, 5) is 19.0. The van der Waals surface area contributed by atoms with Crippen LogP contribution in [0.1, 0.15) is 35.5 Å². The second-order valence-corrected chi connectivity index (χ2v) is 5.71. The lowest BCUT2D eigenvalue weighted by Gasteiger charge is -2.34. The largest absolute Gasteiger partial charge is 0.440 e. The summed E-state index contributed by atoms with van der Waals surface area (Å²) in [6.07, 6.45) is 6.56. The number of likely N-dealkylation sites (tertiary alicyclic amines) is 1. The van der Waals surface area contributed by atoms with Crippen LogP contribution in [0.25, 0.3) is 11.5 Å². The highest BCUT2D eigenvalue weighted by Crippen LogP contribution is 2.24. The molecule has 3 heterocycles. The number of hydrogen-bond donors (Lipinski definition) is 1. The molecule has 118 valence electrons. The van der Waals surface area contributed by atoms with Gasteiger partial charge in [0.25, 0.3) is 5.91 Å². The smallest absolute Gasteiger partial charge is 0.276 e. The van der Waals surface area contributed by atoms with E-state index in [9.17, 15) is 4.79 Å². The second-order valence-electron chi connectivity index (χ2n) is 5.71. The Morgan fingerprint density at radius 1 is 1.50 bits per heavy atom. The number of nitrogens with two attached hydrogens (primary N) is 1. The lowest BCUT2D eigenvalue weighted by atomic mass is 10.0. The fourth-order valence-corrected chi connectivity index (χ4v) is 2.90. The van der Waals surface area contributed by atoms with Crippen molar-refractivity contribution in [1.29, 1.82) is 0 Å². The Morgan fingerprint density at radius 2 is 2.32 bits per heavy atom. The molecule has 1 saturated heterocycles. The van der Waals surface area contributed by atoms with Gasteiger partial charge >= 0.3 is 0 Å². The summed E-state index contributed by atoms with van der Waals surface area (Å²) in [7, 11) is 1.82. The van der Waals surface area contributed by atoms with Crippen LogP contribution in [0.15, 0.2) is 16.8 Å². The van der Waals surface area contributed by atoms with Gasteiger partial charge in [0.05, 0.1) is 11.8 Å². The van der Waals surface area contributed by atoms with Gasteiger partial charge in [0.15, 0.2) is 5.69 Å². The maximum Gasteiger partial charge on any atom is 0.276 e. The van der Waals surface area contributed by atoms with Gasteiger partial charge in [-0.1, -0.05) is 0 Å². The molecule has 2 N–H and O–H groups in total. The van der Waals surface area contributed by atoms with Gasteiger partial charge in [0.1, 0.15) is 5.76 Å². The molecule has 3 rings (SSSR count). The van der Waals surface area contributed by atoms with Gasteiger partial charge in [-0.2, -0.15) is 5.10 Å². The van der Waals surface area contributed by atoms with E-state index in [4.69, 9.17) is 10.2 Å². The predicted octanol–water partition coefficient (Wildman–Crippen LogP) is 1.34. The molecule has 7 heteroatoms. The number of aromatic nitrogens is 3. The van der Waals surface area contributed by atoms with Crippen LogP contribution in [-0.2, 0) is 7.05 Å². The van der Waals surface area contributed by atoms with Gasteiger partial charge in [-0.3, -0.25) is 9.48 Å². The number of carbonyl (C=O) groups excluding carboxylic acids is 1. The first-order chi connectivity index (χ1) is 10.6. The van der Waals surface area contributed by atoms with Crippen LogP contribution in [0.2, 0.25) is 0 Å². The number of nitrogens with zero attached hydrogens (tertiary/aromatic N) is 4. The molecule has 0 radical (unpaired) electrons. The van der Waals surface area contributed by atoms with Crippen LogP contribution < -0.4 is 5.73 Å². The Morgan fingerprint density at radius 3 is 3.00 bits per heavy atom. The Kier molecular flexibility index (Phi) is 3.98. The zero-order chi connectivity index (χ0) is 15.7. The van der Waals surface area contributed by atoms with Crippen LogP contribution in [-0.4, -0.2) is 44.7 Å². The number of rotatable bonds is 3. The molecule has 1 aliphatic rings. The van der Waals surface area contributed by atoms with Gasteiger partial charge in [-0.05, 0) is 26.2 Å². The summed E-state index contributed by atoms with van der Waals surface area (Å²) < 4.78 is 7.32. The summed E-state index contributed by atoms with van der Waals surface area (Å²) in [5.41, 5.74) is 6.93. The number of hydrogen-bond acceptors (Lipinski definition) is 5. The van der Waals surface area contributed by atoms with E-state index in [0.29, 0.717) is 23.9 Å². The third kappa shape index (κ3) is 2.64. The molecule has 0 aromatic carbocycles. The van der Waals surface area contributed by atoms with E-state index in [2.05, 4.69) is 10.1 Å². The minimum absolute atomic E-state index is 0.0912. The summed E-state index contributed by atoms with van der Waals surface area (Å²) in [5, 5.41) is 4.10. The molecule has 1 aliphatic heterocycles. The fourth-order valence-electron chi connectivity index (χ4n) is 2.90. The van der Waals surface area contributed by atoms with Gasteiger partial charge in [-0.15, -0.1) is 0 Å². The highest BCUT2D eigenvalue weighted by Gasteiger charge is 2.30. The molecular formula is C15H21N5O2. The van der Waals surface area contributed by atoms with Crippen molar-refractivity contribution in [2.75, 3.05) is 13.1 Å². The second kappa shape index (κ2) is 5.92. The van der Waals surface area contributed by atoms with Crippen LogP contribution in [0.5, 0.6) is 0 Å². The number of amides is 1. The van der Waals surface area contributed by atoms with Crippen molar-refractivity contribution in [3.05, 3.63) is 23.8 Å². The van der Waals surface area contributed by atoms with Gasteiger partial charge < -0.3 is 15.1 Å². The van der Waals surface area contributed by atoms with E-state index in [1.165, 1.54) is 0 Å². The Balaban J connectivity index is 1.88. The summed E-state index contributed by atoms with van der Waals surface area (Å²) in [5.74, 6) is 0.868. The zero-order valence-electron chi connectivity index (χ0n) is 13.0. The van der Waals surface area contributed by atoms with Gasteiger partial charge in [0, 0.05) is 32.4 Å². The summed E-state index contributed by atoms with van der Waals surface area (Å²) in [6, 6.07) is 0.0965. The molecule has 0 saturated carbocycles. The van der Waals surface area contributed by atoms with E-state index < -0.39 is 0 Å². The van der Waals surface area contributed by atoms with E-state index >= 15 is 0 Å². The van der Waals surface area contributed by atoms with Crippen molar-refractivity contribution in [3.8, 4) is 11.5 Å². The fraction of sp³-hybridized carbons (Fsp3) is 0.533. The van der Waals surface area contributed by atoms with Gasteiger partial charge in [0.2, 0.25) is 5.89 Å². The Hall–Kier alpha value is -2.15. The van der Waals surface area contributed by atoms with Crippen LogP contribution in [0, 0.1) is 6.92 Å². The highest BCUT2D eigenvalue weighted by molar-refractivity contribution is 5.94. The van der Waals surface area contributed by atoms with E-state index in [1.807, 2.05) is 18.1 Å². The minimum Gasteiger partial charge on any atom is -0.440 e. The summed E-state index contributed by atoms with van der Waals surface area (Å²) >= 11 is 0. The molecular weight excluding hydrogens is 282 g/mol. The van der Waals surface area contributed by atoms with Crippen molar-refractivity contribution in [1.82, 2.24) is 19.7 Å². The third-order valence-electron chi connectivity index (χ3n) is 4.11. The maximum absolute atomic E-state index is 12.8. The number of oxazole rings is 1. The Bertz CT molecular complexity index is 675. The normalized spacial score (nSPS) is 18.7. The van der Waals surface area contributed by atoms with E-state index in [1.54, 1.807) is 17.8 Å². The summed E-state index contributed by atoms with van der Waals surface area (Å²) in [6.45, 7) is 2.98. The van der Waals surface area contributed by atoms with Crippen molar-refractivity contribution >= 4 is 5.91 Å². The molecule has 1 atom stereocenters. The minimum atomic E-state index is -0.0912. The van der Waals surface area contributed by atoms with Crippen LogP contribution in [0.4, 0.5) is 0 Å². The monoisotopic (exact) mass is 303 g/mol. The van der Waals surface area contributed by atoms with Gasteiger partial charge in [-0.25, -0.2) is 4.98 Å². The quantitative estimate of drug-likeness (QED) is 0.924. The van der Waals surface area contributed by atoms with Crippen LogP contribution in [0.3, 0.4) is 0 Å². The molecule has 1 amide bonds. The number of carbonyl (C=O) groups is 1. The molecule has 7 nitrogen and oxygen atoms in total. The standard InChI is InChI=1S/C15H21N5O2/c1-10-13(15(21)20-6-4-3-5-12(20)7-16)18-14(22-10)11-8-17-19(2)9-11/h8-9,12H,3-7,16H2,1-2H3/t12-/m1/s1. The SMILES string of the molecule is Cc1oc(-c2cnn(C)c2)nc1C(=O)N1CCCC[C@@H]1CN. The average molecular weight is 303 g/mol. The molecule has 0 bridgehead atoms. The first-order valence-corrected chi connectivity index (χ1v) is 7.57. The van der Waals surface area contributed by atoms with Crippen molar-refractivity contribution in [2.45, 2.75) is 32.2 Å². The molecule has 22 heavy (non-hydrogen) atoms. The topological polar surface area (TPSA) is 90.2 Å². The lowest BCUT2D eigenvalue weighted by Crippen LogP contribution is -2.47. The lowest BCUT2D eigenvalue weighted by molar-refractivity contribution is 0.0616. The highest BCUT2D eigenvalue weighted by atomic mass is 16.4. The first kappa shape index (κ1) is 14.8. The van der Waals surface area contributed by atoms with Crippen molar-refractivity contribution in [2.24, 2.45) is 12.8 Å². The molecule has 0 aliphatic carbocycles. The molecule has 1 fully saturated rings. The molecule has 0 unspecified atom stereocenters. The number of piperidine rings is 1. The van der Waals surface area contributed by atoms with E-state index in [-0.39, 0.29) is 11.9 Å². The van der Waals surface area contributed by atoms with E-state index in [0.717, 1.165) is 31.4 Å². The molecule has 2 aromatic heterocycles.